The molecular weight excluding hydrogens is 216 g/mol. The van der Waals surface area contributed by atoms with Crippen molar-refractivity contribution < 1.29 is 9.90 Å². The Bertz CT molecular complexity index is 553. The number of anilines is 1. The highest BCUT2D eigenvalue weighted by molar-refractivity contribution is 6.03. The molecule has 2 aromatic rings. The van der Waals surface area contributed by atoms with E-state index in [0.717, 1.165) is 11.3 Å². The molecule has 0 aliphatic carbocycles. The number of para-hydroxylation sites is 1. The smallest absolute Gasteiger partial charge is 0.274 e. The molecule has 1 amide bonds. The number of carbonyl (C=O) groups excluding carboxylic acids is 1. The number of nitrogens with zero attached hydrogens (tertiary/aromatic N) is 1. The summed E-state index contributed by atoms with van der Waals surface area (Å²) >= 11 is 0. The molecule has 17 heavy (non-hydrogen) atoms. The molecule has 0 saturated heterocycles. The van der Waals surface area contributed by atoms with Crippen LogP contribution in [0.15, 0.2) is 42.5 Å². The molecule has 1 aromatic carbocycles. The van der Waals surface area contributed by atoms with Crippen LogP contribution >= 0.6 is 0 Å². The van der Waals surface area contributed by atoms with Gasteiger partial charge >= 0.3 is 0 Å². The maximum Gasteiger partial charge on any atom is 0.274 e. The van der Waals surface area contributed by atoms with Crippen LogP contribution in [0.3, 0.4) is 0 Å². The second kappa shape index (κ2) is 4.65. The van der Waals surface area contributed by atoms with E-state index in [4.69, 9.17) is 0 Å². The van der Waals surface area contributed by atoms with Gasteiger partial charge in [-0.2, -0.15) is 0 Å². The van der Waals surface area contributed by atoms with Crippen LogP contribution in [0.2, 0.25) is 0 Å². The third-order valence-corrected chi connectivity index (χ3v) is 2.36. The predicted octanol–water partition coefficient (Wildman–Crippen LogP) is 2.35. The van der Waals surface area contributed by atoms with E-state index < -0.39 is 0 Å². The van der Waals surface area contributed by atoms with Gasteiger partial charge in [0.15, 0.2) is 0 Å². The fourth-order valence-corrected chi connectivity index (χ4v) is 1.45. The van der Waals surface area contributed by atoms with Crippen molar-refractivity contribution in [3.63, 3.8) is 0 Å². The Labute approximate surface area is 98.9 Å². The molecule has 1 aromatic heterocycles. The molecule has 0 atom stereocenters. The van der Waals surface area contributed by atoms with Gasteiger partial charge in [0, 0.05) is 11.8 Å². The standard InChI is InChI=1S/C13H12N2O2/c1-9-5-2-3-6-10(9)15-13(17)11-7-4-8-12(16)14-11/h2-8H,1H3,(H,14,16)(H,15,17). The molecule has 1 heterocycles. The van der Waals surface area contributed by atoms with E-state index in [9.17, 15) is 9.90 Å². The number of aromatic hydroxyl groups is 1. The molecule has 2 rings (SSSR count). The largest absolute Gasteiger partial charge is 0.493 e. The molecule has 0 bridgehead atoms. The Morgan fingerprint density at radius 2 is 1.94 bits per heavy atom. The minimum atomic E-state index is -0.338. The summed E-state index contributed by atoms with van der Waals surface area (Å²) in [5.74, 6) is -0.502. The van der Waals surface area contributed by atoms with Crippen molar-refractivity contribution >= 4 is 11.6 Å². The van der Waals surface area contributed by atoms with Crippen LogP contribution in [-0.4, -0.2) is 16.0 Å². The number of hydrogen-bond acceptors (Lipinski definition) is 3. The van der Waals surface area contributed by atoms with Crippen molar-refractivity contribution in [3.05, 3.63) is 53.7 Å². The lowest BCUT2D eigenvalue weighted by Crippen LogP contribution is -2.14. The average Bonchev–Trinajstić information content (AvgIpc) is 2.32. The summed E-state index contributed by atoms with van der Waals surface area (Å²) in [4.78, 5) is 15.6. The summed E-state index contributed by atoms with van der Waals surface area (Å²) in [7, 11) is 0. The molecule has 0 unspecified atom stereocenters. The van der Waals surface area contributed by atoms with Crippen LogP contribution in [0, 0.1) is 6.92 Å². The zero-order valence-electron chi connectivity index (χ0n) is 9.34. The van der Waals surface area contributed by atoms with Gasteiger partial charge < -0.3 is 10.4 Å². The number of benzene rings is 1. The Morgan fingerprint density at radius 3 is 2.65 bits per heavy atom. The SMILES string of the molecule is Cc1ccccc1NC(=O)c1cccc(O)n1. The van der Waals surface area contributed by atoms with Crippen molar-refractivity contribution in [3.8, 4) is 5.88 Å². The number of aromatic nitrogens is 1. The highest BCUT2D eigenvalue weighted by Gasteiger charge is 2.08. The molecule has 0 saturated carbocycles. The second-order valence-electron chi connectivity index (χ2n) is 3.65. The topological polar surface area (TPSA) is 62.2 Å². The normalized spacial score (nSPS) is 9.94. The first-order chi connectivity index (χ1) is 8.16. The van der Waals surface area contributed by atoms with Crippen LogP contribution in [-0.2, 0) is 0 Å². The lowest BCUT2D eigenvalue weighted by atomic mass is 10.2. The molecule has 4 heteroatoms. The lowest BCUT2D eigenvalue weighted by molar-refractivity contribution is 0.102. The Hall–Kier alpha value is -2.36. The van der Waals surface area contributed by atoms with Crippen LogP contribution < -0.4 is 5.32 Å². The van der Waals surface area contributed by atoms with Crippen molar-refractivity contribution in [2.24, 2.45) is 0 Å². The van der Waals surface area contributed by atoms with E-state index in [1.807, 2.05) is 31.2 Å². The van der Waals surface area contributed by atoms with Crippen molar-refractivity contribution in [1.29, 1.82) is 0 Å². The average molecular weight is 228 g/mol. The first kappa shape index (κ1) is 11.1. The Kier molecular flexibility index (Phi) is 3.05. The maximum absolute atomic E-state index is 11.8. The van der Waals surface area contributed by atoms with E-state index in [1.54, 1.807) is 12.1 Å². The molecule has 0 aliphatic rings. The molecule has 0 fully saturated rings. The van der Waals surface area contributed by atoms with E-state index in [2.05, 4.69) is 10.3 Å². The number of hydrogen-bond donors (Lipinski definition) is 2. The highest BCUT2D eigenvalue weighted by atomic mass is 16.3. The highest BCUT2D eigenvalue weighted by Crippen LogP contribution is 2.14. The summed E-state index contributed by atoms with van der Waals surface area (Å²) in [5.41, 5.74) is 1.90. The number of carbonyl (C=O) groups is 1. The van der Waals surface area contributed by atoms with Crippen molar-refractivity contribution in [2.45, 2.75) is 6.92 Å². The maximum atomic E-state index is 11.8. The van der Waals surface area contributed by atoms with Gasteiger partial charge in [0.05, 0.1) is 0 Å². The van der Waals surface area contributed by atoms with Crippen LogP contribution in [0.4, 0.5) is 5.69 Å². The summed E-state index contributed by atoms with van der Waals surface area (Å²) in [6.45, 7) is 1.91. The Balaban J connectivity index is 2.20. The zero-order chi connectivity index (χ0) is 12.3. The summed E-state index contributed by atoms with van der Waals surface area (Å²) in [5, 5.41) is 11.9. The minimum Gasteiger partial charge on any atom is -0.493 e. The molecule has 0 aliphatic heterocycles. The fourth-order valence-electron chi connectivity index (χ4n) is 1.45. The zero-order valence-corrected chi connectivity index (χ0v) is 9.34. The van der Waals surface area contributed by atoms with Crippen LogP contribution in [0.1, 0.15) is 16.1 Å². The van der Waals surface area contributed by atoms with Crippen molar-refractivity contribution in [2.75, 3.05) is 5.32 Å². The van der Waals surface area contributed by atoms with Gasteiger partial charge in [0.1, 0.15) is 5.69 Å². The number of aryl methyl sites for hydroxylation is 1. The van der Waals surface area contributed by atoms with Gasteiger partial charge in [0.25, 0.3) is 5.91 Å². The van der Waals surface area contributed by atoms with Gasteiger partial charge in [-0.15, -0.1) is 0 Å². The van der Waals surface area contributed by atoms with Crippen LogP contribution in [0.5, 0.6) is 5.88 Å². The number of amides is 1. The quantitative estimate of drug-likeness (QED) is 0.829. The molecule has 0 spiro atoms. The van der Waals surface area contributed by atoms with E-state index in [-0.39, 0.29) is 17.5 Å². The Morgan fingerprint density at radius 1 is 1.18 bits per heavy atom. The van der Waals surface area contributed by atoms with E-state index in [0.29, 0.717) is 0 Å². The van der Waals surface area contributed by atoms with Crippen LogP contribution in [0.25, 0.3) is 0 Å². The van der Waals surface area contributed by atoms with Gasteiger partial charge in [-0.25, -0.2) is 4.98 Å². The summed E-state index contributed by atoms with van der Waals surface area (Å²) in [6.07, 6.45) is 0. The molecular formula is C13H12N2O2. The number of pyridine rings is 1. The fraction of sp³-hybridized carbons (Fsp3) is 0.0769. The first-order valence-electron chi connectivity index (χ1n) is 5.20. The monoisotopic (exact) mass is 228 g/mol. The van der Waals surface area contributed by atoms with E-state index in [1.165, 1.54) is 6.07 Å². The summed E-state index contributed by atoms with van der Waals surface area (Å²) in [6, 6.07) is 12.0. The predicted molar refractivity (Wildman–Crippen MR) is 65.0 cm³/mol. The number of nitrogens with one attached hydrogen (secondary N) is 1. The van der Waals surface area contributed by atoms with Gasteiger partial charge in [-0.05, 0) is 24.6 Å². The molecule has 4 nitrogen and oxygen atoms in total. The second-order valence-corrected chi connectivity index (χ2v) is 3.65. The van der Waals surface area contributed by atoms with Gasteiger partial charge in [0.2, 0.25) is 5.88 Å². The number of rotatable bonds is 2. The molecule has 0 radical (unpaired) electrons. The summed E-state index contributed by atoms with van der Waals surface area (Å²) < 4.78 is 0. The third kappa shape index (κ3) is 2.60. The van der Waals surface area contributed by atoms with Gasteiger partial charge in [-0.1, -0.05) is 24.3 Å². The lowest BCUT2D eigenvalue weighted by Gasteiger charge is -2.07. The minimum absolute atomic E-state index is 0.164. The van der Waals surface area contributed by atoms with E-state index >= 15 is 0 Å². The van der Waals surface area contributed by atoms with Crippen molar-refractivity contribution in [1.82, 2.24) is 4.98 Å². The molecule has 2 N–H and O–H groups in total. The first-order valence-corrected chi connectivity index (χ1v) is 5.20. The third-order valence-electron chi connectivity index (χ3n) is 2.36. The van der Waals surface area contributed by atoms with Gasteiger partial charge in [-0.3, -0.25) is 4.79 Å². The molecule has 86 valence electrons.